The number of carbonyl (C=O) groups excluding carboxylic acids is 2. The van der Waals surface area contributed by atoms with Gasteiger partial charge in [-0.05, 0) is 48.2 Å². The van der Waals surface area contributed by atoms with Gasteiger partial charge < -0.3 is 29.6 Å². The van der Waals surface area contributed by atoms with Crippen molar-refractivity contribution in [3.05, 3.63) is 69.7 Å². The first kappa shape index (κ1) is 37.7. The molecule has 2 aliphatic rings. The maximum atomic E-state index is 12.7. The Balaban J connectivity index is 0.846. The van der Waals surface area contributed by atoms with Crippen molar-refractivity contribution in [2.45, 2.75) is 38.5 Å². The summed E-state index contributed by atoms with van der Waals surface area (Å²) >= 11 is 2.78. The van der Waals surface area contributed by atoms with Crippen molar-refractivity contribution in [3.8, 4) is 11.5 Å². The van der Waals surface area contributed by atoms with Gasteiger partial charge in [0.05, 0.1) is 39.3 Å². The lowest BCUT2D eigenvalue weighted by atomic mass is 10.1. The van der Waals surface area contributed by atoms with E-state index in [9.17, 15) is 9.59 Å². The molecule has 0 atom stereocenters. The summed E-state index contributed by atoms with van der Waals surface area (Å²) in [7, 11) is 0. The van der Waals surface area contributed by atoms with E-state index in [1.807, 2.05) is 48.5 Å². The fraction of sp³-hybridized carbons (Fsp3) is 0.500. The van der Waals surface area contributed by atoms with E-state index in [-0.39, 0.29) is 24.7 Å². The van der Waals surface area contributed by atoms with Crippen LogP contribution in [-0.2, 0) is 44.7 Å². The van der Waals surface area contributed by atoms with Crippen molar-refractivity contribution in [3.63, 3.8) is 0 Å². The standard InChI is InChI=1S/C36H46N8O6S2/c45-31(25-27-5-3-7-29(23-27)49-21-15-43-11-17-47-18-12-43)37-35-41-39-33(51-35)9-1-2-10-34-40-42-36(52-34)38-32(46)26-28-6-4-8-30(24-28)50-22-16-44-13-19-48-20-14-44/h3-8,23-24H,1-2,9-22,25-26H2,(H,37,41,45)(H,38,42,46). The van der Waals surface area contributed by atoms with Crippen LogP contribution in [-0.4, -0.2) is 121 Å². The molecule has 4 aromatic rings. The van der Waals surface area contributed by atoms with E-state index in [0.717, 1.165) is 124 Å². The molecule has 2 aromatic heterocycles. The highest BCUT2D eigenvalue weighted by Crippen LogP contribution is 2.22. The third kappa shape index (κ3) is 12.9. The van der Waals surface area contributed by atoms with Crippen LogP contribution in [0, 0.1) is 0 Å². The van der Waals surface area contributed by atoms with Crippen molar-refractivity contribution < 1.29 is 28.5 Å². The summed E-state index contributed by atoms with van der Waals surface area (Å²) in [6, 6.07) is 15.3. The van der Waals surface area contributed by atoms with E-state index in [4.69, 9.17) is 18.9 Å². The lowest BCUT2D eigenvalue weighted by Gasteiger charge is -2.26. The van der Waals surface area contributed by atoms with E-state index >= 15 is 0 Å². The Labute approximate surface area is 311 Å². The number of rotatable bonds is 19. The van der Waals surface area contributed by atoms with Gasteiger partial charge in [0.15, 0.2) is 0 Å². The van der Waals surface area contributed by atoms with Gasteiger partial charge in [-0.3, -0.25) is 19.4 Å². The molecule has 278 valence electrons. The molecule has 52 heavy (non-hydrogen) atoms. The zero-order valence-electron chi connectivity index (χ0n) is 29.3. The first-order valence-corrected chi connectivity index (χ1v) is 19.5. The zero-order chi connectivity index (χ0) is 35.8. The van der Waals surface area contributed by atoms with E-state index in [0.29, 0.717) is 23.5 Å². The molecule has 2 fully saturated rings. The summed E-state index contributed by atoms with van der Waals surface area (Å²) in [5, 5.41) is 25.3. The van der Waals surface area contributed by atoms with Gasteiger partial charge in [0.2, 0.25) is 22.1 Å². The number of benzene rings is 2. The SMILES string of the molecule is O=C(Cc1cccc(OCCN2CCOCC2)c1)Nc1nnc(CCCCc2nnc(NC(=O)Cc3cccc(OCCN4CCOCC4)c3)s2)s1. The second-order valence-electron chi connectivity index (χ2n) is 12.6. The molecule has 2 aromatic carbocycles. The number of aryl methyl sites for hydroxylation is 2. The van der Waals surface area contributed by atoms with Gasteiger partial charge in [-0.15, -0.1) is 20.4 Å². The average molecular weight is 751 g/mol. The second-order valence-corrected chi connectivity index (χ2v) is 14.7. The number of hydrogen-bond acceptors (Lipinski definition) is 14. The number of anilines is 2. The lowest BCUT2D eigenvalue weighted by molar-refractivity contribution is -0.116. The molecule has 4 heterocycles. The van der Waals surface area contributed by atoms with Gasteiger partial charge in [-0.1, -0.05) is 46.9 Å². The molecule has 0 unspecified atom stereocenters. The quantitative estimate of drug-likeness (QED) is 0.134. The molecule has 0 saturated carbocycles. The average Bonchev–Trinajstić information content (AvgIpc) is 3.80. The van der Waals surface area contributed by atoms with Gasteiger partial charge in [-0.25, -0.2) is 0 Å². The van der Waals surface area contributed by atoms with E-state index in [1.54, 1.807) is 0 Å². The van der Waals surface area contributed by atoms with E-state index in [2.05, 4.69) is 40.8 Å². The Kier molecular flexibility index (Phi) is 14.7. The van der Waals surface area contributed by atoms with Gasteiger partial charge in [0, 0.05) is 52.1 Å². The molecule has 0 spiro atoms. The maximum Gasteiger partial charge on any atom is 0.230 e. The van der Waals surface area contributed by atoms with Crippen LogP contribution in [0.1, 0.15) is 34.0 Å². The summed E-state index contributed by atoms with van der Waals surface area (Å²) in [5.74, 6) is 1.21. The molecule has 14 nitrogen and oxygen atoms in total. The van der Waals surface area contributed by atoms with E-state index in [1.165, 1.54) is 22.7 Å². The fourth-order valence-electron chi connectivity index (χ4n) is 5.79. The highest BCUT2D eigenvalue weighted by molar-refractivity contribution is 7.15. The van der Waals surface area contributed by atoms with E-state index < -0.39 is 0 Å². The summed E-state index contributed by atoms with van der Waals surface area (Å²) in [6.45, 7) is 9.65. The molecule has 2 saturated heterocycles. The molecule has 2 amide bonds. The monoisotopic (exact) mass is 750 g/mol. The minimum absolute atomic E-state index is 0.148. The highest BCUT2D eigenvalue weighted by atomic mass is 32.1. The molecule has 2 N–H and O–H groups in total. The number of amides is 2. The first-order chi connectivity index (χ1) is 25.5. The Morgan fingerprint density at radius 3 is 1.54 bits per heavy atom. The van der Waals surface area contributed by atoms with Crippen molar-refractivity contribution in [2.24, 2.45) is 0 Å². The summed E-state index contributed by atoms with van der Waals surface area (Å²) in [5.41, 5.74) is 1.74. The van der Waals surface area contributed by atoms with Crippen LogP contribution in [0.3, 0.4) is 0 Å². The van der Waals surface area contributed by atoms with Gasteiger partial charge in [0.25, 0.3) is 0 Å². The number of ether oxygens (including phenoxy) is 4. The van der Waals surface area contributed by atoms with Crippen molar-refractivity contribution in [2.75, 3.05) is 89.5 Å². The van der Waals surface area contributed by atoms with Crippen LogP contribution >= 0.6 is 22.7 Å². The Morgan fingerprint density at radius 2 is 1.10 bits per heavy atom. The number of carbonyl (C=O) groups is 2. The Hall–Kier alpha value is -4.06. The zero-order valence-corrected chi connectivity index (χ0v) is 30.9. The smallest absolute Gasteiger partial charge is 0.230 e. The van der Waals surface area contributed by atoms with Crippen LogP contribution in [0.4, 0.5) is 10.3 Å². The lowest BCUT2D eigenvalue weighted by Crippen LogP contribution is -2.38. The van der Waals surface area contributed by atoms with Gasteiger partial charge >= 0.3 is 0 Å². The summed E-state index contributed by atoms with van der Waals surface area (Å²) in [4.78, 5) is 30.1. The number of hydrogen-bond donors (Lipinski definition) is 2. The van der Waals surface area contributed by atoms with Crippen LogP contribution < -0.4 is 20.1 Å². The third-order valence-corrected chi connectivity index (χ3v) is 10.3. The third-order valence-electron chi connectivity index (χ3n) is 8.54. The number of nitrogens with zero attached hydrogens (tertiary/aromatic N) is 6. The van der Waals surface area contributed by atoms with Crippen molar-refractivity contribution >= 4 is 44.8 Å². The minimum Gasteiger partial charge on any atom is -0.492 e. The largest absolute Gasteiger partial charge is 0.492 e. The number of unbranched alkanes of at least 4 members (excludes halogenated alkanes) is 1. The Morgan fingerprint density at radius 1 is 0.654 bits per heavy atom. The number of nitrogens with one attached hydrogen (secondary N) is 2. The molecule has 0 radical (unpaired) electrons. The van der Waals surface area contributed by atoms with Crippen molar-refractivity contribution in [1.82, 2.24) is 30.2 Å². The first-order valence-electron chi connectivity index (χ1n) is 17.8. The normalized spacial score (nSPS) is 15.3. The molecular weight excluding hydrogens is 705 g/mol. The predicted octanol–water partition coefficient (Wildman–Crippen LogP) is 3.74. The van der Waals surface area contributed by atoms with Gasteiger partial charge in [0.1, 0.15) is 34.7 Å². The summed E-state index contributed by atoms with van der Waals surface area (Å²) in [6.07, 6.45) is 3.70. The minimum atomic E-state index is -0.148. The predicted molar refractivity (Wildman–Crippen MR) is 200 cm³/mol. The molecular formula is C36H46N8O6S2. The van der Waals surface area contributed by atoms with Crippen molar-refractivity contribution in [1.29, 1.82) is 0 Å². The maximum absolute atomic E-state index is 12.7. The van der Waals surface area contributed by atoms with Crippen LogP contribution in [0.25, 0.3) is 0 Å². The molecule has 0 aliphatic carbocycles. The number of morpholine rings is 2. The highest BCUT2D eigenvalue weighted by Gasteiger charge is 2.14. The fourth-order valence-corrected chi connectivity index (χ4v) is 7.38. The molecule has 0 bridgehead atoms. The van der Waals surface area contributed by atoms with Crippen LogP contribution in [0.15, 0.2) is 48.5 Å². The summed E-state index contributed by atoms with van der Waals surface area (Å²) < 4.78 is 22.6. The molecule has 16 heteroatoms. The van der Waals surface area contributed by atoms with Crippen LogP contribution in [0.2, 0.25) is 0 Å². The van der Waals surface area contributed by atoms with Gasteiger partial charge in [-0.2, -0.15) is 0 Å². The van der Waals surface area contributed by atoms with Crippen LogP contribution in [0.5, 0.6) is 11.5 Å². The number of aromatic nitrogens is 4. The topological polar surface area (TPSA) is 153 Å². The Bertz CT molecular complexity index is 1590. The molecule has 6 rings (SSSR count). The second kappa shape index (κ2) is 20.3. The molecule has 2 aliphatic heterocycles.